The normalized spacial score (nSPS) is 17.4. The molecule has 1 aliphatic rings. The van der Waals surface area contributed by atoms with Crippen molar-refractivity contribution in [2.75, 3.05) is 13.7 Å². The summed E-state index contributed by atoms with van der Waals surface area (Å²) < 4.78 is 32.8. The van der Waals surface area contributed by atoms with Gasteiger partial charge in [-0.05, 0) is 34.1 Å². The first-order valence-electron chi connectivity index (χ1n) is 6.70. The number of rotatable bonds is 3. The number of halogens is 3. The molecule has 1 N–H and O–H groups in total. The van der Waals surface area contributed by atoms with Gasteiger partial charge in [0.1, 0.15) is 30.0 Å². The van der Waals surface area contributed by atoms with E-state index in [2.05, 4.69) is 31.4 Å². The molecule has 5 nitrogen and oxygen atoms in total. The Morgan fingerprint density at radius 1 is 1.30 bits per heavy atom. The van der Waals surface area contributed by atoms with Crippen LogP contribution in [-0.2, 0) is 4.84 Å². The van der Waals surface area contributed by atoms with Crippen molar-refractivity contribution in [2.24, 2.45) is 4.99 Å². The quantitative estimate of drug-likeness (QED) is 0.884. The Morgan fingerprint density at radius 2 is 2.13 bits per heavy atom. The van der Waals surface area contributed by atoms with E-state index in [1.165, 1.54) is 19.2 Å². The van der Waals surface area contributed by atoms with E-state index in [0.717, 1.165) is 6.07 Å². The molecule has 1 aromatic heterocycles. The number of hydrogen-bond acceptors (Lipinski definition) is 5. The largest absolute Gasteiger partial charge is 0.480 e. The van der Waals surface area contributed by atoms with Crippen LogP contribution in [0, 0.1) is 11.6 Å². The summed E-state index contributed by atoms with van der Waals surface area (Å²) in [6.45, 7) is 0.125. The Bertz CT molecular complexity index is 770. The van der Waals surface area contributed by atoms with E-state index in [4.69, 9.17) is 9.57 Å². The van der Waals surface area contributed by atoms with Crippen LogP contribution in [0.5, 0.6) is 5.88 Å². The monoisotopic (exact) mass is 383 g/mol. The molecule has 8 heteroatoms. The standard InChI is InChI=1S/C15H12BrF2N3O2/c1-22-15-10(16)4-5-12(20-15)14-19-13(7-23-21-14)9-3-2-8(17)6-11(9)18/h2-6,13H,7H2,1H3,(H,19,21). The summed E-state index contributed by atoms with van der Waals surface area (Å²) in [5, 5.41) is 0. The lowest BCUT2D eigenvalue weighted by Crippen LogP contribution is -2.33. The molecule has 0 spiro atoms. The summed E-state index contributed by atoms with van der Waals surface area (Å²) in [5.41, 5.74) is 3.40. The summed E-state index contributed by atoms with van der Waals surface area (Å²) in [4.78, 5) is 13.9. The zero-order chi connectivity index (χ0) is 16.4. The van der Waals surface area contributed by atoms with Gasteiger partial charge in [0.05, 0.1) is 11.6 Å². The van der Waals surface area contributed by atoms with Gasteiger partial charge in [-0.25, -0.2) is 19.2 Å². The van der Waals surface area contributed by atoms with Crippen LogP contribution in [0.2, 0.25) is 0 Å². The van der Waals surface area contributed by atoms with Crippen LogP contribution in [0.4, 0.5) is 8.78 Å². The first kappa shape index (κ1) is 15.8. The molecule has 0 radical (unpaired) electrons. The molecule has 23 heavy (non-hydrogen) atoms. The minimum absolute atomic E-state index is 0.125. The molecular weight excluding hydrogens is 372 g/mol. The van der Waals surface area contributed by atoms with Crippen molar-refractivity contribution < 1.29 is 18.4 Å². The molecule has 1 aromatic carbocycles. The highest BCUT2D eigenvalue weighted by atomic mass is 79.9. The maximum absolute atomic E-state index is 13.9. The highest BCUT2D eigenvalue weighted by Crippen LogP contribution is 2.26. The fourth-order valence-electron chi connectivity index (χ4n) is 2.16. The number of nitrogens with zero attached hydrogens (tertiary/aromatic N) is 2. The number of hydrogen-bond donors (Lipinski definition) is 1. The second kappa shape index (κ2) is 6.59. The van der Waals surface area contributed by atoms with Crippen LogP contribution in [0.15, 0.2) is 39.8 Å². The molecule has 1 atom stereocenters. The number of benzene rings is 1. The van der Waals surface area contributed by atoms with Crippen molar-refractivity contribution in [2.45, 2.75) is 6.04 Å². The topological polar surface area (TPSA) is 55.7 Å². The molecule has 0 bridgehead atoms. The van der Waals surface area contributed by atoms with Gasteiger partial charge in [-0.15, -0.1) is 0 Å². The van der Waals surface area contributed by atoms with Crippen LogP contribution < -0.4 is 10.2 Å². The molecule has 0 saturated carbocycles. The van der Waals surface area contributed by atoms with E-state index in [1.54, 1.807) is 12.1 Å². The molecule has 3 rings (SSSR count). The minimum atomic E-state index is -0.662. The van der Waals surface area contributed by atoms with Crippen LogP contribution in [0.1, 0.15) is 17.3 Å². The van der Waals surface area contributed by atoms with Gasteiger partial charge in [-0.1, -0.05) is 6.07 Å². The summed E-state index contributed by atoms with van der Waals surface area (Å²) in [6.07, 6.45) is 0. The molecule has 0 amide bonds. The smallest absolute Gasteiger partial charge is 0.228 e. The number of aliphatic imine (C=N–C) groups is 1. The Hall–Kier alpha value is -2.06. The Kier molecular flexibility index (Phi) is 4.53. The number of hydroxylamine groups is 1. The van der Waals surface area contributed by atoms with Crippen molar-refractivity contribution in [1.29, 1.82) is 0 Å². The molecule has 1 aliphatic heterocycles. The predicted octanol–water partition coefficient (Wildman–Crippen LogP) is 3.15. The summed E-state index contributed by atoms with van der Waals surface area (Å²) in [6, 6.07) is 6.26. The fraction of sp³-hybridized carbons (Fsp3) is 0.200. The van der Waals surface area contributed by atoms with Gasteiger partial charge < -0.3 is 4.74 Å². The SMILES string of the molecule is COc1nc(C2=NC(c3ccc(F)cc3F)CON2)ccc1Br. The maximum atomic E-state index is 13.9. The molecular formula is C15H12BrF2N3O2. The Labute approximate surface area is 139 Å². The number of aromatic nitrogens is 1. The summed E-state index contributed by atoms with van der Waals surface area (Å²) >= 11 is 3.32. The molecule has 0 fully saturated rings. The highest BCUT2D eigenvalue weighted by molar-refractivity contribution is 9.10. The van der Waals surface area contributed by atoms with Gasteiger partial charge >= 0.3 is 0 Å². The first-order chi connectivity index (χ1) is 11.1. The van der Waals surface area contributed by atoms with Gasteiger partial charge in [0.15, 0.2) is 5.84 Å². The second-order valence-electron chi connectivity index (χ2n) is 4.76. The average Bonchev–Trinajstić information content (AvgIpc) is 2.55. The third-order valence-corrected chi connectivity index (χ3v) is 3.87. The maximum Gasteiger partial charge on any atom is 0.228 e. The van der Waals surface area contributed by atoms with Crippen molar-refractivity contribution >= 4 is 21.8 Å². The summed E-state index contributed by atoms with van der Waals surface area (Å²) in [7, 11) is 1.50. The predicted molar refractivity (Wildman–Crippen MR) is 83.2 cm³/mol. The lowest BCUT2D eigenvalue weighted by atomic mass is 10.1. The zero-order valence-electron chi connectivity index (χ0n) is 12.0. The average molecular weight is 384 g/mol. The second-order valence-corrected chi connectivity index (χ2v) is 5.61. The molecule has 120 valence electrons. The highest BCUT2D eigenvalue weighted by Gasteiger charge is 2.22. The van der Waals surface area contributed by atoms with E-state index in [1.807, 2.05) is 0 Å². The van der Waals surface area contributed by atoms with E-state index in [9.17, 15) is 8.78 Å². The third-order valence-electron chi connectivity index (χ3n) is 3.27. The molecule has 2 heterocycles. The lowest BCUT2D eigenvalue weighted by Gasteiger charge is -2.22. The van der Waals surface area contributed by atoms with Crippen molar-refractivity contribution in [1.82, 2.24) is 10.5 Å². The van der Waals surface area contributed by atoms with Gasteiger partial charge in [-0.2, -0.15) is 0 Å². The van der Waals surface area contributed by atoms with E-state index < -0.39 is 17.7 Å². The van der Waals surface area contributed by atoms with E-state index in [-0.39, 0.29) is 12.2 Å². The van der Waals surface area contributed by atoms with Crippen molar-refractivity contribution in [3.05, 3.63) is 57.7 Å². The van der Waals surface area contributed by atoms with Crippen LogP contribution >= 0.6 is 15.9 Å². The Morgan fingerprint density at radius 3 is 2.87 bits per heavy atom. The third kappa shape index (κ3) is 3.32. The number of pyridine rings is 1. The summed E-state index contributed by atoms with van der Waals surface area (Å²) in [5.74, 6) is -0.563. The van der Waals surface area contributed by atoms with Crippen LogP contribution in [0.25, 0.3) is 0 Å². The number of nitrogens with one attached hydrogen (secondary N) is 1. The molecule has 0 saturated heterocycles. The van der Waals surface area contributed by atoms with Crippen LogP contribution in [0.3, 0.4) is 0 Å². The van der Waals surface area contributed by atoms with Gasteiger partial charge in [0.25, 0.3) is 0 Å². The number of ether oxygens (including phenoxy) is 1. The molecule has 1 unspecified atom stereocenters. The Balaban J connectivity index is 1.95. The molecule has 2 aromatic rings. The number of amidine groups is 1. The zero-order valence-corrected chi connectivity index (χ0v) is 13.6. The van der Waals surface area contributed by atoms with Crippen LogP contribution in [-0.4, -0.2) is 24.5 Å². The minimum Gasteiger partial charge on any atom is -0.480 e. The van der Waals surface area contributed by atoms with Gasteiger partial charge in [0.2, 0.25) is 5.88 Å². The molecule has 0 aliphatic carbocycles. The fourth-order valence-corrected chi connectivity index (χ4v) is 2.54. The van der Waals surface area contributed by atoms with Crippen molar-refractivity contribution in [3.63, 3.8) is 0 Å². The van der Waals surface area contributed by atoms with E-state index in [0.29, 0.717) is 21.9 Å². The van der Waals surface area contributed by atoms with Crippen molar-refractivity contribution in [3.8, 4) is 5.88 Å². The van der Waals surface area contributed by atoms with Gasteiger partial charge in [-0.3, -0.25) is 9.83 Å². The van der Waals surface area contributed by atoms with E-state index >= 15 is 0 Å². The van der Waals surface area contributed by atoms with Gasteiger partial charge in [0, 0.05) is 11.6 Å². The number of methoxy groups -OCH3 is 1. The lowest BCUT2D eigenvalue weighted by molar-refractivity contribution is 0.0613. The first-order valence-corrected chi connectivity index (χ1v) is 7.49.